The van der Waals surface area contributed by atoms with Crippen LogP contribution in [0, 0.1) is 0 Å². The molecule has 0 aromatic heterocycles. The van der Waals surface area contributed by atoms with E-state index in [4.69, 9.17) is 4.74 Å². The Hall–Kier alpha value is -0.380. The fourth-order valence-corrected chi connectivity index (χ4v) is 1.97. The van der Waals surface area contributed by atoms with Crippen molar-refractivity contribution in [2.45, 2.75) is 12.8 Å². The van der Waals surface area contributed by atoms with Gasteiger partial charge < -0.3 is 10.1 Å². The molecule has 0 aliphatic carbocycles. The first-order valence-electron chi connectivity index (χ1n) is 5.23. The lowest BCUT2D eigenvalue weighted by molar-refractivity contribution is 0.178. The summed E-state index contributed by atoms with van der Waals surface area (Å²) in [5.74, 6) is 0.424. The number of methoxy groups -OCH3 is 1. The van der Waals surface area contributed by atoms with Gasteiger partial charge >= 0.3 is 0 Å². The molecule has 0 amide bonds. The zero-order chi connectivity index (χ0) is 11.1. The van der Waals surface area contributed by atoms with Gasteiger partial charge in [-0.2, -0.15) is 0 Å². The molecule has 84 valence electrons. The van der Waals surface area contributed by atoms with Crippen LogP contribution < -0.4 is 5.32 Å². The number of hydrogen-bond acceptors (Lipinski definition) is 2. The molecular weight excluding hydrogens is 254 g/mol. The molecule has 0 spiro atoms. The van der Waals surface area contributed by atoms with Crippen molar-refractivity contribution in [1.29, 1.82) is 0 Å². The molecule has 1 N–H and O–H groups in total. The summed E-state index contributed by atoms with van der Waals surface area (Å²) >= 11 is 3.49. The van der Waals surface area contributed by atoms with Crippen LogP contribution in [0.15, 0.2) is 28.7 Å². The Balaban J connectivity index is 2.69. The van der Waals surface area contributed by atoms with E-state index in [-0.39, 0.29) is 0 Å². The van der Waals surface area contributed by atoms with Crippen molar-refractivity contribution in [2.75, 3.05) is 26.8 Å². The summed E-state index contributed by atoms with van der Waals surface area (Å²) in [7, 11) is 1.75. The minimum Gasteiger partial charge on any atom is -0.384 e. The van der Waals surface area contributed by atoms with Crippen LogP contribution in [-0.2, 0) is 4.74 Å². The summed E-state index contributed by atoms with van der Waals surface area (Å²) in [6, 6.07) is 8.40. The molecule has 0 aliphatic heterocycles. The number of ether oxygens (including phenoxy) is 1. The molecule has 1 aromatic carbocycles. The highest BCUT2D eigenvalue weighted by molar-refractivity contribution is 9.10. The molecule has 1 unspecified atom stereocenters. The monoisotopic (exact) mass is 271 g/mol. The summed E-state index contributed by atoms with van der Waals surface area (Å²) < 4.78 is 6.36. The van der Waals surface area contributed by atoms with Crippen LogP contribution in [0.5, 0.6) is 0 Å². The Morgan fingerprint density at radius 1 is 1.47 bits per heavy atom. The SMILES string of the molecule is CCNCC(COC)c1cccc(Br)c1. The van der Waals surface area contributed by atoms with Gasteiger partial charge in [-0.15, -0.1) is 0 Å². The van der Waals surface area contributed by atoms with E-state index in [1.54, 1.807) is 7.11 Å². The highest BCUT2D eigenvalue weighted by Gasteiger charge is 2.10. The first-order valence-corrected chi connectivity index (χ1v) is 6.02. The normalized spacial score (nSPS) is 12.7. The van der Waals surface area contributed by atoms with Crippen molar-refractivity contribution in [3.63, 3.8) is 0 Å². The standard InChI is InChI=1S/C12H18BrNO/c1-3-14-8-11(9-15-2)10-5-4-6-12(13)7-10/h4-7,11,14H,3,8-9H2,1-2H3. The molecule has 0 bridgehead atoms. The van der Waals surface area contributed by atoms with E-state index in [2.05, 4.69) is 46.4 Å². The highest BCUT2D eigenvalue weighted by Crippen LogP contribution is 2.19. The maximum Gasteiger partial charge on any atom is 0.0543 e. The van der Waals surface area contributed by atoms with Gasteiger partial charge in [0, 0.05) is 24.0 Å². The van der Waals surface area contributed by atoms with E-state index in [1.165, 1.54) is 5.56 Å². The molecule has 2 nitrogen and oxygen atoms in total. The molecule has 0 fully saturated rings. The zero-order valence-corrected chi connectivity index (χ0v) is 10.9. The molecule has 1 atom stereocenters. The number of hydrogen-bond donors (Lipinski definition) is 1. The van der Waals surface area contributed by atoms with Crippen LogP contribution >= 0.6 is 15.9 Å². The summed E-state index contributed by atoms with van der Waals surface area (Å²) in [5.41, 5.74) is 1.31. The molecule has 0 radical (unpaired) electrons. The minimum absolute atomic E-state index is 0.424. The van der Waals surface area contributed by atoms with Crippen molar-refractivity contribution in [1.82, 2.24) is 5.32 Å². The molecule has 15 heavy (non-hydrogen) atoms. The molecule has 0 saturated heterocycles. The Kier molecular flexibility index (Phi) is 5.91. The Labute approximate surface area is 100 Å². The van der Waals surface area contributed by atoms with Gasteiger partial charge in [0.2, 0.25) is 0 Å². The topological polar surface area (TPSA) is 21.3 Å². The number of benzene rings is 1. The van der Waals surface area contributed by atoms with Crippen molar-refractivity contribution >= 4 is 15.9 Å². The quantitative estimate of drug-likeness (QED) is 0.859. The zero-order valence-electron chi connectivity index (χ0n) is 9.29. The van der Waals surface area contributed by atoms with Gasteiger partial charge in [-0.25, -0.2) is 0 Å². The van der Waals surface area contributed by atoms with Crippen LogP contribution in [0.3, 0.4) is 0 Å². The smallest absolute Gasteiger partial charge is 0.0543 e. The molecule has 0 heterocycles. The van der Waals surface area contributed by atoms with E-state index < -0.39 is 0 Å². The lowest BCUT2D eigenvalue weighted by Gasteiger charge is -2.17. The third kappa shape index (κ3) is 4.33. The molecule has 3 heteroatoms. The molecular formula is C12H18BrNO. The van der Waals surface area contributed by atoms with Crippen molar-refractivity contribution < 1.29 is 4.74 Å². The predicted molar refractivity (Wildman–Crippen MR) is 67.3 cm³/mol. The molecule has 1 aromatic rings. The third-order valence-corrected chi connectivity index (χ3v) is 2.82. The Morgan fingerprint density at radius 3 is 2.87 bits per heavy atom. The summed E-state index contributed by atoms with van der Waals surface area (Å²) in [5, 5.41) is 3.36. The third-order valence-electron chi connectivity index (χ3n) is 2.33. The van der Waals surface area contributed by atoms with Crippen LogP contribution in [0.4, 0.5) is 0 Å². The average molecular weight is 272 g/mol. The number of nitrogens with one attached hydrogen (secondary N) is 1. The second-order valence-electron chi connectivity index (χ2n) is 3.51. The lowest BCUT2D eigenvalue weighted by atomic mass is 10.00. The van der Waals surface area contributed by atoms with E-state index in [9.17, 15) is 0 Å². The van der Waals surface area contributed by atoms with Crippen molar-refractivity contribution in [2.24, 2.45) is 0 Å². The Bertz CT molecular complexity index is 291. The first-order chi connectivity index (χ1) is 7.27. The van der Waals surface area contributed by atoms with Gasteiger partial charge in [0.05, 0.1) is 6.61 Å². The molecule has 1 rings (SSSR count). The second-order valence-corrected chi connectivity index (χ2v) is 4.43. The summed E-state index contributed by atoms with van der Waals surface area (Å²) in [6.45, 7) is 4.82. The highest BCUT2D eigenvalue weighted by atomic mass is 79.9. The first kappa shape index (κ1) is 12.7. The molecule has 0 saturated carbocycles. The van der Waals surface area contributed by atoms with Crippen LogP contribution in [0.1, 0.15) is 18.4 Å². The van der Waals surface area contributed by atoms with Gasteiger partial charge in [-0.05, 0) is 24.2 Å². The van der Waals surface area contributed by atoms with Gasteiger partial charge in [0.25, 0.3) is 0 Å². The number of halogens is 1. The van der Waals surface area contributed by atoms with Gasteiger partial charge in [-0.1, -0.05) is 35.0 Å². The average Bonchev–Trinajstić information content (AvgIpc) is 2.24. The van der Waals surface area contributed by atoms with E-state index >= 15 is 0 Å². The fourth-order valence-electron chi connectivity index (χ4n) is 1.55. The van der Waals surface area contributed by atoms with E-state index in [0.29, 0.717) is 5.92 Å². The lowest BCUT2D eigenvalue weighted by Crippen LogP contribution is -2.24. The van der Waals surface area contributed by atoms with Gasteiger partial charge in [0.1, 0.15) is 0 Å². The second kappa shape index (κ2) is 6.99. The number of rotatable bonds is 6. The van der Waals surface area contributed by atoms with Crippen LogP contribution in [0.2, 0.25) is 0 Å². The van der Waals surface area contributed by atoms with Gasteiger partial charge in [0.15, 0.2) is 0 Å². The largest absolute Gasteiger partial charge is 0.384 e. The minimum atomic E-state index is 0.424. The van der Waals surface area contributed by atoms with E-state index in [0.717, 1.165) is 24.2 Å². The summed E-state index contributed by atoms with van der Waals surface area (Å²) in [4.78, 5) is 0. The maximum absolute atomic E-state index is 5.24. The van der Waals surface area contributed by atoms with Crippen molar-refractivity contribution in [3.8, 4) is 0 Å². The fraction of sp³-hybridized carbons (Fsp3) is 0.500. The van der Waals surface area contributed by atoms with Crippen LogP contribution in [-0.4, -0.2) is 26.8 Å². The Morgan fingerprint density at radius 2 is 2.27 bits per heavy atom. The molecule has 0 aliphatic rings. The number of likely N-dealkylation sites (N-methyl/N-ethyl adjacent to an activating group) is 1. The van der Waals surface area contributed by atoms with Crippen LogP contribution in [0.25, 0.3) is 0 Å². The predicted octanol–water partition coefficient (Wildman–Crippen LogP) is 2.79. The van der Waals surface area contributed by atoms with Gasteiger partial charge in [-0.3, -0.25) is 0 Å². The van der Waals surface area contributed by atoms with E-state index in [1.807, 2.05) is 6.07 Å². The maximum atomic E-state index is 5.24. The van der Waals surface area contributed by atoms with Crippen molar-refractivity contribution in [3.05, 3.63) is 34.3 Å². The summed E-state index contributed by atoms with van der Waals surface area (Å²) in [6.07, 6.45) is 0.